The molecule has 100 valence electrons. The third-order valence-corrected chi connectivity index (χ3v) is 3.31. The van der Waals surface area contributed by atoms with Crippen LogP contribution in [0.3, 0.4) is 0 Å². The van der Waals surface area contributed by atoms with E-state index in [1.807, 2.05) is 6.92 Å². The van der Waals surface area contributed by atoms with Crippen molar-refractivity contribution in [2.45, 2.75) is 13.3 Å². The second-order valence-corrected chi connectivity index (χ2v) is 4.94. The molecule has 1 N–H and O–H groups in total. The molecule has 1 amide bonds. The molecule has 0 saturated heterocycles. The molecule has 2 aromatic rings. The minimum Gasteiger partial charge on any atom is -0.321 e. The Morgan fingerprint density at radius 2 is 2.21 bits per heavy atom. The number of benzene rings is 1. The second-order valence-electron chi connectivity index (χ2n) is 4.08. The highest BCUT2D eigenvalue weighted by Crippen LogP contribution is 2.20. The molecule has 4 nitrogen and oxygen atoms in total. The first-order valence-electron chi connectivity index (χ1n) is 5.80. The number of amides is 1. The Hall–Kier alpha value is -1.69. The van der Waals surface area contributed by atoms with Crippen LogP contribution < -0.4 is 5.32 Å². The van der Waals surface area contributed by atoms with E-state index in [0.29, 0.717) is 15.9 Å². The molecule has 0 atom stereocenters. The summed E-state index contributed by atoms with van der Waals surface area (Å²) in [4.78, 5) is 12.1. The minimum atomic E-state index is -0.369. The number of hydrogen-bond donors (Lipinski definition) is 1. The number of rotatable bonds is 3. The molecule has 0 bridgehead atoms. The quantitative estimate of drug-likeness (QED) is 0.942. The molecule has 0 fully saturated rings. The molecule has 1 aromatic heterocycles. The minimum absolute atomic E-state index is 0.270. The SMILES string of the molecule is CCc1cc(C(=O)Nc2ccc(F)c(Br)c2)n(C)n1. The van der Waals surface area contributed by atoms with E-state index in [-0.39, 0.29) is 11.7 Å². The van der Waals surface area contributed by atoms with Gasteiger partial charge in [0.25, 0.3) is 5.91 Å². The molecular formula is C13H13BrFN3O. The summed E-state index contributed by atoms with van der Waals surface area (Å²) < 4.78 is 14.9. The van der Waals surface area contributed by atoms with Gasteiger partial charge in [0, 0.05) is 12.7 Å². The van der Waals surface area contributed by atoms with Crippen molar-refractivity contribution in [3.63, 3.8) is 0 Å². The Bertz CT molecular complexity index is 624. The van der Waals surface area contributed by atoms with Crippen molar-refractivity contribution < 1.29 is 9.18 Å². The second kappa shape index (κ2) is 5.52. The first-order chi connectivity index (χ1) is 9.01. The van der Waals surface area contributed by atoms with Crippen LogP contribution in [-0.2, 0) is 13.5 Å². The predicted octanol–water partition coefficient (Wildman–Crippen LogP) is 3.14. The zero-order valence-electron chi connectivity index (χ0n) is 10.6. The summed E-state index contributed by atoms with van der Waals surface area (Å²) in [6.45, 7) is 1.97. The van der Waals surface area contributed by atoms with Gasteiger partial charge in [0.1, 0.15) is 11.5 Å². The summed E-state index contributed by atoms with van der Waals surface area (Å²) in [6, 6.07) is 6.06. The van der Waals surface area contributed by atoms with Gasteiger partial charge in [-0.25, -0.2) is 4.39 Å². The summed E-state index contributed by atoms with van der Waals surface area (Å²) in [5, 5.41) is 6.92. The molecule has 0 saturated carbocycles. The molecule has 19 heavy (non-hydrogen) atoms. The summed E-state index contributed by atoms with van der Waals surface area (Å²) in [5.41, 5.74) is 1.85. The van der Waals surface area contributed by atoms with E-state index >= 15 is 0 Å². The lowest BCUT2D eigenvalue weighted by Crippen LogP contribution is -2.16. The number of anilines is 1. The lowest BCUT2D eigenvalue weighted by Gasteiger charge is -2.06. The van der Waals surface area contributed by atoms with Gasteiger partial charge in [-0.3, -0.25) is 9.48 Å². The van der Waals surface area contributed by atoms with Gasteiger partial charge >= 0.3 is 0 Å². The van der Waals surface area contributed by atoms with Crippen LogP contribution in [0, 0.1) is 5.82 Å². The van der Waals surface area contributed by atoms with Crippen molar-refractivity contribution in [3.05, 3.63) is 45.9 Å². The molecular weight excluding hydrogens is 313 g/mol. The lowest BCUT2D eigenvalue weighted by molar-refractivity contribution is 0.101. The average Bonchev–Trinajstić information content (AvgIpc) is 2.75. The smallest absolute Gasteiger partial charge is 0.273 e. The van der Waals surface area contributed by atoms with E-state index in [9.17, 15) is 9.18 Å². The maximum atomic E-state index is 13.1. The van der Waals surface area contributed by atoms with Crippen molar-refractivity contribution in [2.75, 3.05) is 5.32 Å². The first-order valence-corrected chi connectivity index (χ1v) is 6.60. The normalized spacial score (nSPS) is 10.5. The van der Waals surface area contributed by atoms with Gasteiger partial charge in [-0.05, 0) is 46.6 Å². The fraction of sp³-hybridized carbons (Fsp3) is 0.231. The monoisotopic (exact) mass is 325 g/mol. The van der Waals surface area contributed by atoms with Crippen LogP contribution in [0.5, 0.6) is 0 Å². The Morgan fingerprint density at radius 3 is 2.79 bits per heavy atom. The van der Waals surface area contributed by atoms with Crippen LogP contribution in [0.1, 0.15) is 23.1 Å². The summed E-state index contributed by atoms with van der Waals surface area (Å²) >= 11 is 3.08. The highest BCUT2D eigenvalue weighted by atomic mass is 79.9. The third-order valence-electron chi connectivity index (χ3n) is 2.70. The molecule has 0 radical (unpaired) electrons. The van der Waals surface area contributed by atoms with E-state index in [1.165, 1.54) is 22.9 Å². The van der Waals surface area contributed by atoms with Crippen molar-refractivity contribution in [3.8, 4) is 0 Å². The van der Waals surface area contributed by atoms with Gasteiger partial charge in [-0.2, -0.15) is 5.10 Å². The highest BCUT2D eigenvalue weighted by Gasteiger charge is 2.13. The molecule has 1 aromatic carbocycles. The summed E-state index contributed by atoms with van der Waals surface area (Å²) in [6.07, 6.45) is 0.767. The fourth-order valence-electron chi connectivity index (χ4n) is 1.68. The number of aromatic nitrogens is 2. The van der Waals surface area contributed by atoms with Crippen molar-refractivity contribution in [2.24, 2.45) is 7.05 Å². The largest absolute Gasteiger partial charge is 0.321 e. The van der Waals surface area contributed by atoms with Crippen LogP contribution in [0.2, 0.25) is 0 Å². The molecule has 0 spiro atoms. The van der Waals surface area contributed by atoms with Crippen LogP contribution in [0.15, 0.2) is 28.7 Å². The number of nitrogens with one attached hydrogen (secondary N) is 1. The van der Waals surface area contributed by atoms with Gasteiger partial charge in [0.05, 0.1) is 10.2 Å². The average molecular weight is 326 g/mol. The summed E-state index contributed by atoms with van der Waals surface area (Å²) in [5.74, 6) is -0.639. The number of aryl methyl sites for hydroxylation is 2. The van der Waals surface area contributed by atoms with E-state index in [2.05, 4.69) is 26.3 Å². The molecule has 1 heterocycles. The standard InChI is InChI=1S/C13H13BrFN3O/c1-3-8-7-12(18(2)17-8)13(19)16-9-4-5-11(15)10(14)6-9/h4-7H,3H2,1-2H3,(H,16,19). The molecule has 0 unspecified atom stereocenters. The van der Waals surface area contributed by atoms with Crippen LogP contribution >= 0.6 is 15.9 Å². The van der Waals surface area contributed by atoms with Crippen LogP contribution in [-0.4, -0.2) is 15.7 Å². The summed E-state index contributed by atoms with van der Waals surface area (Å²) in [7, 11) is 1.72. The Morgan fingerprint density at radius 1 is 1.47 bits per heavy atom. The molecule has 0 aliphatic carbocycles. The van der Waals surface area contributed by atoms with E-state index in [1.54, 1.807) is 13.1 Å². The third kappa shape index (κ3) is 3.01. The number of halogens is 2. The van der Waals surface area contributed by atoms with Crippen molar-refractivity contribution in [1.29, 1.82) is 0 Å². The lowest BCUT2D eigenvalue weighted by atomic mass is 10.2. The topological polar surface area (TPSA) is 46.9 Å². The number of hydrogen-bond acceptors (Lipinski definition) is 2. The number of nitrogens with zero attached hydrogens (tertiary/aromatic N) is 2. The molecule has 0 aliphatic rings. The number of carbonyl (C=O) groups excluding carboxylic acids is 1. The maximum absolute atomic E-state index is 13.1. The molecule has 6 heteroatoms. The predicted molar refractivity (Wildman–Crippen MR) is 74.6 cm³/mol. The highest BCUT2D eigenvalue weighted by molar-refractivity contribution is 9.10. The molecule has 0 aliphatic heterocycles. The van der Waals surface area contributed by atoms with E-state index in [0.717, 1.165) is 12.1 Å². The zero-order valence-corrected chi connectivity index (χ0v) is 12.2. The van der Waals surface area contributed by atoms with Gasteiger partial charge < -0.3 is 5.32 Å². The Kier molecular flexibility index (Phi) is 3.99. The first kappa shape index (κ1) is 13.7. The van der Waals surface area contributed by atoms with Crippen LogP contribution in [0.25, 0.3) is 0 Å². The maximum Gasteiger partial charge on any atom is 0.273 e. The van der Waals surface area contributed by atoms with Crippen molar-refractivity contribution in [1.82, 2.24) is 9.78 Å². The van der Waals surface area contributed by atoms with Gasteiger partial charge in [0.15, 0.2) is 0 Å². The van der Waals surface area contributed by atoms with Gasteiger partial charge in [-0.1, -0.05) is 6.92 Å². The number of carbonyl (C=O) groups is 1. The Labute approximate surface area is 118 Å². The fourth-order valence-corrected chi connectivity index (χ4v) is 2.06. The van der Waals surface area contributed by atoms with E-state index in [4.69, 9.17) is 0 Å². The molecule has 2 rings (SSSR count). The van der Waals surface area contributed by atoms with Gasteiger partial charge in [-0.15, -0.1) is 0 Å². The Balaban J connectivity index is 2.20. The van der Waals surface area contributed by atoms with Crippen LogP contribution in [0.4, 0.5) is 10.1 Å². The van der Waals surface area contributed by atoms with Gasteiger partial charge in [0.2, 0.25) is 0 Å². The van der Waals surface area contributed by atoms with E-state index < -0.39 is 0 Å². The van der Waals surface area contributed by atoms with Crippen molar-refractivity contribution >= 4 is 27.5 Å². The zero-order chi connectivity index (χ0) is 14.0.